The van der Waals surface area contributed by atoms with Gasteiger partial charge in [-0.2, -0.15) is 0 Å². The third kappa shape index (κ3) is 3.19. The first-order valence-electron chi connectivity index (χ1n) is 6.50. The Hall–Kier alpha value is -0.970. The second-order valence-electron chi connectivity index (χ2n) is 5.35. The van der Waals surface area contributed by atoms with Crippen molar-refractivity contribution in [1.82, 2.24) is 10.2 Å². The van der Waals surface area contributed by atoms with Gasteiger partial charge >= 0.3 is 0 Å². The number of benzene rings is 1. The lowest BCUT2D eigenvalue weighted by Crippen LogP contribution is -2.24. The van der Waals surface area contributed by atoms with Crippen molar-refractivity contribution in [3.05, 3.63) is 27.7 Å². The van der Waals surface area contributed by atoms with Crippen molar-refractivity contribution >= 4 is 29.1 Å². The second kappa shape index (κ2) is 6.20. The van der Waals surface area contributed by atoms with E-state index in [1.54, 1.807) is 31.1 Å². The third-order valence-corrected chi connectivity index (χ3v) is 4.46. The first-order valence-corrected chi connectivity index (χ1v) is 7.26. The Morgan fingerprint density at radius 3 is 2.80 bits per heavy atom. The van der Waals surface area contributed by atoms with Gasteiger partial charge in [0.1, 0.15) is 5.75 Å². The number of hydrogen-bond acceptors (Lipinski definition) is 3. The Morgan fingerprint density at radius 2 is 2.15 bits per heavy atom. The van der Waals surface area contributed by atoms with Gasteiger partial charge in [0.05, 0.1) is 10.0 Å². The zero-order valence-corrected chi connectivity index (χ0v) is 13.0. The molecule has 2 atom stereocenters. The van der Waals surface area contributed by atoms with Crippen molar-refractivity contribution < 1.29 is 9.90 Å². The highest BCUT2D eigenvalue weighted by Gasteiger charge is 2.30. The molecular formula is C14H18Cl2N2O2. The molecule has 1 aliphatic heterocycles. The monoisotopic (exact) mass is 316 g/mol. The second-order valence-corrected chi connectivity index (χ2v) is 6.13. The lowest BCUT2D eigenvalue weighted by molar-refractivity contribution is -0.129. The van der Waals surface area contributed by atoms with Gasteiger partial charge in [-0.1, -0.05) is 23.2 Å². The third-order valence-electron chi connectivity index (χ3n) is 3.64. The molecule has 0 unspecified atom stereocenters. The first kappa shape index (κ1) is 15.4. The van der Waals surface area contributed by atoms with Crippen LogP contribution >= 0.6 is 23.2 Å². The van der Waals surface area contributed by atoms with E-state index in [1.165, 1.54) is 0 Å². The molecule has 6 heteroatoms. The highest BCUT2D eigenvalue weighted by Crippen LogP contribution is 2.41. The molecule has 1 heterocycles. The summed E-state index contributed by atoms with van der Waals surface area (Å²) in [4.78, 5) is 13.3. The summed E-state index contributed by atoms with van der Waals surface area (Å²) in [6.07, 6.45) is 1.25. The number of carbonyl (C=O) groups excluding carboxylic acids is 1. The first-order chi connectivity index (χ1) is 9.40. The molecule has 1 fully saturated rings. The fourth-order valence-electron chi connectivity index (χ4n) is 2.50. The van der Waals surface area contributed by atoms with E-state index in [4.69, 9.17) is 23.2 Å². The molecule has 0 saturated carbocycles. The molecule has 4 nitrogen and oxygen atoms in total. The summed E-state index contributed by atoms with van der Waals surface area (Å²) in [5, 5.41) is 14.1. The maximum absolute atomic E-state index is 11.7. The molecule has 1 aromatic carbocycles. The summed E-state index contributed by atoms with van der Waals surface area (Å²) in [6.45, 7) is 0.729. The van der Waals surface area contributed by atoms with E-state index in [0.29, 0.717) is 22.0 Å². The van der Waals surface area contributed by atoms with Crippen molar-refractivity contribution in [2.24, 2.45) is 5.92 Å². The van der Waals surface area contributed by atoms with Crippen LogP contribution in [-0.4, -0.2) is 36.6 Å². The van der Waals surface area contributed by atoms with Crippen LogP contribution in [0.2, 0.25) is 10.0 Å². The summed E-state index contributed by atoms with van der Waals surface area (Å²) in [5.41, 5.74) is 0.624. The standard InChI is InChI=1S/C14H18Cl2N2O2/c1-18(2)12(20)6-8-5-10(17-7-8)13-11(19)4-3-9(15)14(13)16/h3-4,8,10,17,19H,5-7H2,1-2H3/t8-,10+/m0/s1. The number of phenols is 1. The van der Waals surface area contributed by atoms with Gasteiger partial charge in [-0.05, 0) is 31.0 Å². The average molecular weight is 317 g/mol. The molecule has 2 N–H and O–H groups in total. The van der Waals surface area contributed by atoms with Gasteiger partial charge in [0, 0.05) is 32.1 Å². The molecule has 0 bridgehead atoms. The van der Waals surface area contributed by atoms with Gasteiger partial charge in [0.25, 0.3) is 0 Å². The minimum absolute atomic E-state index is 0.0684. The molecule has 2 rings (SSSR count). The van der Waals surface area contributed by atoms with E-state index in [-0.39, 0.29) is 23.6 Å². The molecule has 110 valence electrons. The van der Waals surface area contributed by atoms with Crippen molar-refractivity contribution in [1.29, 1.82) is 0 Å². The number of amides is 1. The zero-order chi connectivity index (χ0) is 14.9. The van der Waals surface area contributed by atoms with E-state index < -0.39 is 0 Å². The number of phenolic OH excluding ortho intramolecular Hbond substituents is 1. The van der Waals surface area contributed by atoms with Crippen LogP contribution < -0.4 is 5.32 Å². The number of nitrogens with zero attached hydrogens (tertiary/aromatic N) is 1. The predicted octanol–water partition coefficient (Wildman–Crippen LogP) is 2.83. The smallest absolute Gasteiger partial charge is 0.222 e. The van der Waals surface area contributed by atoms with Crippen LogP contribution in [0.3, 0.4) is 0 Å². The lowest BCUT2D eigenvalue weighted by atomic mass is 9.96. The van der Waals surface area contributed by atoms with Crippen LogP contribution in [0, 0.1) is 5.92 Å². The topological polar surface area (TPSA) is 52.6 Å². The van der Waals surface area contributed by atoms with Gasteiger partial charge < -0.3 is 15.3 Å². The number of hydrogen-bond donors (Lipinski definition) is 2. The number of rotatable bonds is 3. The summed E-state index contributed by atoms with van der Waals surface area (Å²) in [7, 11) is 3.50. The van der Waals surface area contributed by atoms with Gasteiger partial charge in [-0.15, -0.1) is 0 Å². The fourth-order valence-corrected chi connectivity index (χ4v) is 2.96. The molecule has 1 aliphatic rings. The minimum atomic E-state index is -0.0684. The Bertz CT molecular complexity index is 520. The Kier molecular flexibility index (Phi) is 4.78. The van der Waals surface area contributed by atoms with Crippen LogP contribution in [0.15, 0.2) is 12.1 Å². The Balaban J connectivity index is 2.10. The maximum atomic E-state index is 11.7. The van der Waals surface area contributed by atoms with Crippen molar-refractivity contribution in [3.8, 4) is 5.75 Å². The molecule has 1 amide bonds. The van der Waals surface area contributed by atoms with E-state index >= 15 is 0 Å². The molecule has 0 spiro atoms. The van der Waals surface area contributed by atoms with Crippen molar-refractivity contribution in [2.45, 2.75) is 18.9 Å². The molecule has 0 radical (unpaired) electrons. The normalized spacial score (nSPS) is 22.0. The average Bonchev–Trinajstić information content (AvgIpc) is 2.82. The van der Waals surface area contributed by atoms with Crippen LogP contribution in [0.1, 0.15) is 24.4 Å². The molecule has 1 saturated heterocycles. The maximum Gasteiger partial charge on any atom is 0.222 e. The van der Waals surface area contributed by atoms with E-state index in [9.17, 15) is 9.90 Å². The van der Waals surface area contributed by atoms with Crippen LogP contribution in [0.4, 0.5) is 0 Å². The number of nitrogens with one attached hydrogen (secondary N) is 1. The van der Waals surface area contributed by atoms with E-state index in [0.717, 1.165) is 13.0 Å². The summed E-state index contributed by atoms with van der Waals surface area (Å²) >= 11 is 12.2. The molecular weight excluding hydrogens is 299 g/mol. The zero-order valence-electron chi connectivity index (χ0n) is 11.5. The molecule has 1 aromatic rings. The summed E-state index contributed by atoms with van der Waals surface area (Å²) in [6, 6.07) is 3.05. The number of aromatic hydroxyl groups is 1. The summed E-state index contributed by atoms with van der Waals surface area (Å²) in [5.74, 6) is 0.486. The largest absolute Gasteiger partial charge is 0.508 e. The predicted molar refractivity (Wildman–Crippen MR) is 80.3 cm³/mol. The number of carbonyl (C=O) groups is 1. The fraction of sp³-hybridized carbons (Fsp3) is 0.500. The SMILES string of the molecule is CN(C)C(=O)C[C@H]1CN[C@@H](c2c(O)ccc(Cl)c2Cl)C1. The van der Waals surface area contributed by atoms with E-state index in [2.05, 4.69) is 5.32 Å². The van der Waals surface area contributed by atoms with Gasteiger partial charge in [0.2, 0.25) is 5.91 Å². The van der Waals surface area contributed by atoms with Crippen LogP contribution in [-0.2, 0) is 4.79 Å². The van der Waals surface area contributed by atoms with Gasteiger partial charge in [-0.25, -0.2) is 0 Å². The van der Waals surface area contributed by atoms with E-state index in [1.807, 2.05) is 0 Å². The highest BCUT2D eigenvalue weighted by atomic mass is 35.5. The molecule has 0 aromatic heterocycles. The minimum Gasteiger partial charge on any atom is -0.508 e. The highest BCUT2D eigenvalue weighted by molar-refractivity contribution is 6.42. The quantitative estimate of drug-likeness (QED) is 0.901. The van der Waals surface area contributed by atoms with Crippen LogP contribution in [0.25, 0.3) is 0 Å². The molecule has 0 aliphatic carbocycles. The van der Waals surface area contributed by atoms with Crippen molar-refractivity contribution in [2.75, 3.05) is 20.6 Å². The Labute approximate surface area is 128 Å². The summed E-state index contributed by atoms with van der Waals surface area (Å²) < 4.78 is 0. The van der Waals surface area contributed by atoms with Gasteiger partial charge in [-0.3, -0.25) is 4.79 Å². The molecule has 20 heavy (non-hydrogen) atoms. The van der Waals surface area contributed by atoms with Crippen LogP contribution in [0.5, 0.6) is 5.75 Å². The van der Waals surface area contributed by atoms with Gasteiger partial charge in [0.15, 0.2) is 0 Å². The lowest BCUT2D eigenvalue weighted by Gasteiger charge is -2.16. The number of halogens is 2. The Morgan fingerprint density at radius 1 is 1.45 bits per heavy atom. The van der Waals surface area contributed by atoms with Crippen molar-refractivity contribution in [3.63, 3.8) is 0 Å².